The summed E-state index contributed by atoms with van der Waals surface area (Å²) in [7, 11) is 3.91. The molecule has 1 spiro atoms. The van der Waals surface area contributed by atoms with E-state index in [1.165, 1.54) is 11.8 Å². The van der Waals surface area contributed by atoms with Gasteiger partial charge in [-0.15, -0.1) is 0 Å². The summed E-state index contributed by atoms with van der Waals surface area (Å²) in [6.07, 6.45) is 1.92. The third-order valence-corrected chi connectivity index (χ3v) is 5.94. The van der Waals surface area contributed by atoms with Crippen LogP contribution in [0.2, 0.25) is 0 Å². The van der Waals surface area contributed by atoms with Crippen LogP contribution in [0.25, 0.3) is 0 Å². The van der Waals surface area contributed by atoms with Gasteiger partial charge in [0.05, 0.1) is 0 Å². The van der Waals surface area contributed by atoms with E-state index < -0.39 is 12.0 Å². The highest BCUT2D eigenvalue weighted by Crippen LogP contribution is 2.43. The highest BCUT2D eigenvalue weighted by Gasteiger charge is 2.49. The van der Waals surface area contributed by atoms with Gasteiger partial charge in [-0.3, -0.25) is 9.59 Å². The monoisotopic (exact) mass is 373 g/mol. The van der Waals surface area contributed by atoms with Crippen LogP contribution >= 0.6 is 0 Å². The van der Waals surface area contributed by atoms with E-state index in [4.69, 9.17) is 0 Å². The summed E-state index contributed by atoms with van der Waals surface area (Å²) in [4.78, 5) is 41.4. The minimum atomic E-state index is -0.943. The second kappa shape index (κ2) is 7.21. The molecule has 27 heavy (non-hydrogen) atoms. The summed E-state index contributed by atoms with van der Waals surface area (Å²) in [6, 6.07) is 6.80. The maximum atomic E-state index is 12.8. The van der Waals surface area contributed by atoms with Gasteiger partial charge in [-0.2, -0.15) is 0 Å². The van der Waals surface area contributed by atoms with E-state index in [9.17, 15) is 19.5 Å². The Bertz CT molecular complexity index is 712. The molecule has 1 aromatic rings. The molecule has 7 heteroatoms. The maximum Gasteiger partial charge on any atom is 0.326 e. The number of carboxylic acid groups (broad SMARTS) is 1. The molecule has 146 valence electrons. The first-order valence-corrected chi connectivity index (χ1v) is 9.29. The molecule has 2 amide bonds. The Morgan fingerprint density at radius 3 is 2.15 bits per heavy atom. The van der Waals surface area contributed by atoms with Crippen LogP contribution in [-0.2, 0) is 9.59 Å². The van der Waals surface area contributed by atoms with E-state index in [0.29, 0.717) is 31.6 Å². The van der Waals surface area contributed by atoms with Gasteiger partial charge in [0.2, 0.25) is 5.91 Å². The summed E-state index contributed by atoms with van der Waals surface area (Å²) >= 11 is 0. The quantitative estimate of drug-likeness (QED) is 0.872. The van der Waals surface area contributed by atoms with Crippen molar-refractivity contribution in [3.8, 4) is 0 Å². The van der Waals surface area contributed by atoms with E-state index in [1.54, 1.807) is 0 Å². The molecule has 0 saturated carbocycles. The van der Waals surface area contributed by atoms with E-state index in [2.05, 4.69) is 0 Å². The van der Waals surface area contributed by atoms with Crippen LogP contribution in [0, 0.1) is 5.41 Å². The first kappa shape index (κ1) is 19.2. The molecule has 1 atom stereocenters. The fourth-order valence-electron chi connectivity index (χ4n) is 4.24. The van der Waals surface area contributed by atoms with Crippen molar-refractivity contribution in [2.45, 2.75) is 32.2 Å². The van der Waals surface area contributed by atoms with Gasteiger partial charge >= 0.3 is 5.97 Å². The number of anilines is 1. The highest BCUT2D eigenvalue weighted by atomic mass is 16.4. The normalized spacial score (nSPS) is 21.4. The molecule has 0 unspecified atom stereocenters. The number of carbonyl (C=O) groups excluding carboxylic acids is 2. The minimum Gasteiger partial charge on any atom is -0.480 e. The third kappa shape index (κ3) is 3.77. The molecular weight excluding hydrogens is 346 g/mol. The molecule has 2 saturated heterocycles. The predicted octanol–water partition coefficient (Wildman–Crippen LogP) is 1.68. The second-order valence-corrected chi connectivity index (χ2v) is 7.94. The van der Waals surface area contributed by atoms with Crippen LogP contribution in [0.15, 0.2) is 24.3 Å². The van der Waals surface area contributed by atoms with Crippen LogP contribution in [0.4, 0.5) is 5.69 Å². The zero-order valence-corrected chi connectivity index (χ0v) is 16.1. The number of piperidine rings is 1. The van der Waals surface area contributed by atoms with Crippen molar-refractivity contribution in [2.24, 2.45) is 5.41 Å². The predicted molar refractivity (Wildman–Crippen MR) is 102 cm³/mol. The van der Waals surface area contributed by atoms with Gasteiger partial charge in [-0.05, 0) is 48.9 Å². The van der Waals surface area contributed by atoms with Crippen LogP contribution in [0.3, 0.4) is 0 Å². The Morgan fingerprint density at radius 1 is 1.11 bits per heavy atom. The smallest absolute Gasteiger partial charge is 0.326 e. The molecule has 0 aromatic heterocycles. The maximum absolute atomic E-state index is 12.8. The fourth-order valence-corrected chi connectivity index (χ4v) is 4.24. The van der Waals surface area contributed by atoms with Gasteiger partial charge in [-0.25, -0.2) is 4.79 Å². The SMILES string of the molecule is CC(=O)N1CC2(CCN(C(=O)c3ccc(N(C)C)cc3)CC2)C[C@H]1C(=O)O. The van der Waals surface area contributed by atoms with Gasteiger partial charge in [-0.1, -0.05) is 0 Å². The molecular formula is C20H27N3O4. The number of amides is 2. The zero-order valence-electron chi connectivity index (χ0n) is 16.1. The van der Waals surface area contributed by atoms with Crippen molar-refractivity contribution in [1.29, 1.82) is 0 Å². The second-order valence-electron chi connectivity index (χ2n) is 7.94. The van der Waals surface area contributed by atoms with Crippen molar-refractivity contribution < 1.29 is 19.5 Å². The number of carbonyl (C=O) groups is 3. The summed E-state index contributed by atoms with van der Waals surface area (Å²) in [5.74, 6) is -1.13. The lowest BCUT2D eigenvalue weighted by Crippen LogP contribution is -2.44. The Morgan fingerprint density at radius 2 is 1.70 bits per heavy atom. The van der Waals surface area contributed by atoms with Crippen molar-refractivity contribution in [2.75, 3.05) is 38.6 Å². The largest absolute Gasteiger partial charge is 0.480 e. The molecule has 2 fully saturated rings. The molecule has 2 aliphatic heterocycles. The van der Waals surface area contributed by atoms with Crippen molar-refractivity contribution in [1.82, 2.24) is 9.80 Å². The van der Waals surface area contributed by atoms with E-state index in [-0.39, 0.29) is 17.2 Å². The number of hydrogen-bond donors (Lipinski definition) is 1. The number of hydrogen-bond acceptors (Lipinski definition) is 4. The minimum absolute atomic E-state index is 0.00589. The summed E-state index contributed by atoms with van der Waals surface area (Å²) in [6.45, 7) is 3.07. The molecule has 1 aromatic carbocycles. The van der Waals surface area contributed by atoms with Crippen molar-refractivity contribution in [3.63, 3.8) is 0 Å². The molecule has 0 bridgehead atoms. The van der Waals surface area contributed by atoms with Crippen molar-refractivity contribution >= 4 is 23.5 Å². The highest BCUT2D eigenvalue weighted by molar-refractivity contribution is 5.94. The zero-order chi connectivity index (χ0) is 19.8. The average molecular weight is 373 g/mol. The molecule has 1 N–H and O–H groups in total. The Labute approximate surface area is 159 Å². The van der Waals surface area contributed by atoms with Crippen LogP contribution < -0.4 is 4.90 Å². The summed E-state index contributed by atoms with van der Waals surface area (Å²) in [5, 5.41) is 9.43. The van der Waals surface area contributed by atoms with Crippen LogP contribution in [0.1, 0.15) is 36.5 Å². The molecule has 0 aliphatic carbocycles. The fraction of sp³-hybridized carbons (Fsp3) is 0.550. The third-order valence-electron chi connectivity index (χ3n) is 5.94. The topological polar surface area (TPSA) is 81.2 Å². The van der Waals surface area contributed by atoms with Gasteiger partial charge in [0.15, 0.2) is 0 Å². The van der Waals surface area contributed by atoms with Crippen LogP contribution in [0.5, 0.6) is 0 Å². The van der Waals surface area contributed by atoms with Gasteiger partial charge < -0.3 is 19.8 Å². The number of benzene rings is 1. The van der Waals surface area contributed by atoms with Gasteiger partial charge in [0, 0.05) is 51.9 Å². The molecule has 2 heterocycles. The first-order chi connectivity index (χ1) is 12.7. The number of likely N-dealkylation sites (tertiary alicyclic amines) is 2. The van der Waals surface area contributed by atoms with Crippen LogP contribution in [-0.4, -0.2) is 72.5 Å². The number of aliphatic carboxylic acids is 1. The molecule has 3 rings (SSSR count). The van der Waals surface area contributed by atoms with Gasteiger partial charge in [0.1, 0.15) is 6.04 Å². The summed E-state index contributed by atoms with van der Waals surface area (Å²) in [5.41, 5.74) is 1.51. The molecule has 7 nitrogen and oxygen atoms in total. The van der Waals surface area contributed by atoms with E-state index in [1.807, 2.05) is 48.2 Å². The summed E-state index contributed by atoms with van der Waals surface area (Å²) < 4.78 is 0. The average Bonchev–Trinajstić information content (AvgIpc) is 3.02. The standard InChI is InChI=1S/C20H27N3O4/c1-14(24)23-13-20(12-17(23)19(26)27)8-10-22(11-9-20)18(25)15-4-6-16(7-5-15)21(2)3/h4-7,17H,8-13H2,1-3H3,(H,26,27)/t17-/m0/s1. The number of carboxylic acids is 1. The lowest BCUT2D eigenvalue weighted by molar-refractivity contribution is -0.147. The van der Waals surface area contributed by atoms with Crippen molar-refractivity contribution in [3.05, 3.63) is 29.8 Å². The number of rotatable bonds is 3. The molecule has 0 radical (unpaired) electrons. The first-order valence-electron chi connectivity index (χ1n) is 9.29. The van der Waals surface area contributed by atoms with E-state index in [0.717, 1.165) is 18.5 Å². The van der Waals surface area contributed by atoms with E-state index >= 15 is 0 Å². The lowest BCUT2D eigenvalue weighted by atomic mass is 9.76. The van der Waals surface area contributed by atoms with Gasteiger partial charge in [0.25, 0.3) is 5.91 Å². The Kier molecular flexibility index (Phi) is 5.13. The number of nitrogens with zero attached hydrogens (tertiary/aromatic N) is 3. The lowest BCUT2D eigenvalue weighted by Gasteiger charge is -2.39. The Balaban J connectivity index is 1.65. The Hall–Kier alpha value is -2.57. The molecule has 2 aliphatic rings.